The average Bonchev–Trinajstić information content (AvgIpc) is 3.32. The molecule has 0 aliphatic carbocycles. The molecule has 8 heteroatoms. The first-order valence-corrected chi connectivity index (χ1v) is 11.8. The van der Waals surface area contributed by atoms with Crippen LogP contribution in [0.3, 0.4) is 0 Å². The number of carbonyl (C=O) groups excluding carboxylic acids is 2. The summed E-state index contributed by atoms with van der Waals surface area (Å²) >= 11 is 0. The second-order valence-corrected chi connectivity index (χ2v) is 8.49. The average molecular weight is 452 g/mol. The molecule has 2 aliphatic heterocycles. The van der Waals surface area contributed by atoms with Gasteiger partial charge in [-0.15, -0.1) is 0 Å². The summed E-state index contributed by atoms with van der Waals surface area (Å²) in [5, 5.41) is 9.23. The third-order valence-electron chi connectivity index (χ3n) is 6.28. The Kier molecular flexibility index (Phi) is 7.80. The Morgan fingerprint density at radius 1 is 1.06 bits per heavy atom. The van der Waals surface area contributed by atoms with Gasteiger partial charge in [0, 0.05) is 37.9 Å². The fourth-order valence-electron chi connectivity index (χ4n) is 4.43. The minimum absolute atomic E-state index is 0.0436. The first-order chi connectivity index (χ1) is 16.1. The predicted molar refractivity (Wildman–Crippen MR) is 129 cm³/mol. The quantitative estimate of drug-likeness (QED) is 0.603. The van der Waals surface area contributed by atoms with Gasteiger partial charge in [-0.2, -0.15) is 0 Å². The summed E-state index contributed by atoms with van der Waals surface area (Å²) < 4.78 is 5.79. The number of piperazine rings is 1. The van der Waals surface area contributed by atoms with E-state index in [1.807, 2.05) is 54.6 Å². The van der Waals surface area contributed by atoms with E-state index >= 15 is 0 Å². The standard InChI is InChI=1S/C25H33N5O3/c1-2-29-15-6-7-20(29)17-27-24(31)23-18-30(16-14-26-23)25(32)28-19-10-12-22(13-11-19)33-21-8-4-3-5-9-21/h3-5,8-13,20,23,26H,2,6-7,14-18H2,1H3,(H,27,31)(H,28,32). The maximum Gasteiger partial charge on any atom is 0.321 e. The number of nitrogens with zero attached hydrogens (tertiary/aromatic N) is 2. The Morgan fingerprint density at radius 2 is 1.82 bits per heavy atom. The summed E-state index contributed by atoms with van der Waals surface area (Å²) in [6, 6.07) is 16.6. The van der Waals surface area contributed by atoms with Crippen molar-refractivity contribution in [3.8, 4) is 11.5 Å². The summed E-state index contributed by atoms with van der Waals surface area (Å²) in [4.78, 5) is 29.6. The van der Waals surface area contributed by atoms with Gasteiger partial charge in [0.2, 0.25) is 5.91 Å². The Morgan fingerprint density at radius 3 is 2.58 bits per heavy atom. The van der Waals surface area contributed by atoms with Crippen LogP contribution >= 0.6 is 0 Å². The Hall–Kier alpha value is -3.10. The summed E-state index contributed by atoms with van der Waals surface area (Å²) in [6.07, 6.45) is 2.30. The van der Waals surface area contributed by atoms with Crippen LogP contribution in [-0.2, 0) is 4.79 Å². The van der Waals surface area contributed by atoms with Crippen LogP contribution in [0.5, 0.6) is 11.5 Å². The number of amides is 3. The maximum absolute atomic E-state index is 12.8. The van der Waals surface area contributed by atoms with Crippen LogP contribution in [0.25, 0.3) is 0 Å². The van der Waals surface area contributed by atoms with Gasteiger partial charge in [0.25, 0.3) is 0 Å². The number of likely N-dealkylation sites (tertiary alicyclic amines) is 1. The van der Waals surface area contributed by atoms with Crippen LogP contribution in [0.2, 0.25) is 0 Å². The molecule has 2 aliphatic rings. The van der Waals surface area contributed by atoms with Crippen LogP contribution in [0.15, 0.2) is 54.6 Å². The summed E-state index contributed by atoms with van der Waals surface area (Å²) in [5.41, 5.74) is 0.681. The fraction of sp³-hybridized carbons (Fsp3) is 0.440. The Balaban J connectivity index is 1.25. The zero-order chi connectivity index (χ0) is 23.0. The van der Waals surface area contributed by atoms with E-state index in [0.29, 0.717) is 43.7 Å². The number of ether oxygens (including phenoxy) is 1. The largest absolute Gasteiger partial charge is 0.457 e. The number of benzene rings is 2. The molecule has 2 aromatic rings. The number of hydrogen-bond donors (Lipinski definition) is 3. The van der Waals surface area contributed by atoms with E-state index in [1.54, 1.807) is 4.90 Å². The van der Waals surface area contributed by atoms with E-state index in [-0.39, 0.29) is 11.9 Å². The molecule has 0 aromatic heterocycles. The molecule has 2 atom stereocenters. The number of anilines is 1. The summed E-state index contributed by atoms with van der Waals surface area (Å²) in [6.45, 7) is 6.41. The molecule has 0 spiro atoms. The van der Waals surface area contributed by atoms with Crippen molar-refractivity contribution in [3.63, 3.8) is 0 Å². The van der Waals surface area contributed by atoms with Gasteiger partial charge in [-0.3, -0.25) is 9.69 Å². The molecule has 2 unspecified atom stereocenters. The second-order valence-electron chi connectivity index (χ2n) is 8.49. The molecule has 8 nitrogen and oxygen atoms in total. The lowest BCUT2D eigenvalue weighted by molar-refractivity contribution is -0.124. The van der Waals surface area contributed by atoms with Crippen LogP contribution in [0.4, 0.5) is 10.5 Å². The zero-order valence-electron chi connectivity index (χ0n) is 19.1. The van der Waals surface area contributed by atoms with Crippen molar-refractivity contribution in [1.29, 1.82) is 0 Å². The van der Waals surface area contributed by atoms with Gasteiger partial charge in [0.1, 0.15) is 17.5 Å². The van der Waals surface area contributed by atoms with E-state index in [2.05, 4.69) is 27.8 Å². The van der Waals surface area contributed by atoms with E-state index in [0.717, 1.165) is 25.3 Å². The second kappa shape index (κ2) is 11.2. The molecule has 2 aromatic carbocycles. The molecule has 2 saturated heterocycles. The smallest absolute Gasteiger partial charge is 0.321 e. The zero-order valence-corrected chi connectivity index (χ0v) is 19.1. The number of para-hydroxylation sites is 1. The number of likely N-dealkylation sites (N-methyl/N-ethyl adjacent to an activating group) is 1. The first kappa shape index (κ1) is 23.1. The van der Waals surface area contributed by atoms with Crippen LogP contribution in [-0.4, -0.2) is 73.1 Å². The van der Waals surface area contributed by atoms with E-state index < -0.39 is 6.04 Å². The molecule has 2 fully saturated rings. The lowest BCUT2D eigenvalue weighted by atomic mass is 10.1. The van der Waals surface area contributed by atoms with Crippen LogP contribution in [0.1, 0.15) is 19.8 Å². The van der Waals surface area contributed by atoms with Crippen molar-refractivity contribution in [2.75, 3.05) is 44.6 Å². The van der Waals surface area contributed by atoms with Crippen molar-refractivity contribution >= 4 is 17.6 Å². The van der Waals surface area contributed by atoms with Crippen molar-refractivity contribution in [2.24, 2.45) is 0 Å². The van der Waals surface area contributed by atoms with Gasteiger partial charge in [0.05, 0.1) is 0 Å². The summed E-state index contributed by atoms with van der Waals surface area (Å²) in [5.74, 6) is 1.41. The highest BCUT2D eigenvalue weighted by molar-refractivity contribution is 5.90. The van der Waals surface area contributed by atoms with Gasteiger partial charge < -0.3 is 25.6 Å². The number of nitrogens with one attached hydrogen (secondary N) is 3. The summed E-state index contributed by atoms with van der Waals surface area (Å²) in [7, 11) is 0. The van der Waals surface area contributed by atoms with Gasteiger partial charge >= 0.3 is 6.03 Å². The fourth-order valence-corrected chi connectivity index (χ4v) is 4.43. The molecular formula is C25H33N5O3. The number of urea groups is 1. The van der Waals surface area contributed by atoms with E-state index in [1.165, 1.54) is 6.42 Å². The molecule has 0 bridgehead atoms. The Labute approximate surface area is 195 Å². The molecule has 0 saturated carbocycles. The van der Waals surface area contributed by atoms with Crippen LogP contribution in [0, 0.1) is 0 Å². The number of carbonyl (C=O) groups is 2. The van der Waals surface area contributed by atoms with Crippen LogP contribution < -0.4 is 20.7 Å². The van der Waals surface area contributed by atoms with E-state index in [4.69, 9.17) is 4.74 Å². The van der Waals surface area contributed by atoms with Crippen molar-refractivity contribution in [1.82, 2.24) is 20.4 Å². The van der Waals surface area contributed by atoms with Gasteiger partial charge in [-0.1, -0.05) is 25.1 Å². The normalized spacial score (nSPS) is 20.9. The van der Waals surface area contributed by atoms with Crippen molar-refractivity contribution in [2.45, 2.75) is 31.8 Å². The molecule has 33 heavy (non-hydrogen) atoms. The molecular weight excluding hydrogens is 418 g/mol. The highest BCUT2D eigenvalue weighted by atomic mass is 16.5. The minimum Gasteiger partial charge on any atom is -0.457 e. The van der Waals surface area contributed by atoms with Gasteiger partial charge in [-0.25, -0.2) is 4.79 Å². The molecule has 2 heterocycles. The highest BCUT2D eigenvalue weighted by Crippen LogP contribution is 2.23. The predicted octanol–water partition coefficient (Wildman–Crippen LogP) is 2.89. The molecule has 3 amide bonds. The molecule has 0 radical (unpaired) electrons. The topological polar surface area (TPSA) is 85.9 Å². The third kappa shape index (κ3) is 6.24. The molecule has 3 N–H and O–H groups in total. The molecule has 176 valence electrons. The maximum atomic E-state index is 12.8. The van der Waals surface area contributed by atoms with Gasteiger partial charge in [0.15, 0.2) is 0 Å². The van der Waals surface area contributed by atoms with E-state index in [9.17, 15) is 9.59 Å². The van der Waals surface area contributed by atoms with Gasteiger partial charge in [-0.05, 0) is 62.3 Å². The minimum atomic E-state index is -0.400. The lowest BCUT2D eigenvalue weighted by Crippen LogP contribution is -2.59. The monoisotopic (exact) mass is 451 g/mol. The first-order valence-electron chi connectivity index (χ1n) is 11.8. The lowest BCUT2D eigenvalue weighted by Gasteiger charge is -2.33. The SMILES string of the molecule is CCN1CCCC1CNC(=O)C1CN(C(=O)Nc2ccc(Oc3ccccc3)cc2)CCN1. The highest BCUT2D eigenvalue weighted by Gasteiger charge is 2.29. The number of hydrogen-bond acceptors (Lipinski definition) is 5. The molecule has 4 rings (SSSR count). The number of rotatable bonds is 7. The van der Waals surface area contributed by atoms with Crippen molar-refractivity contribution < 1.29 is 14.3 Å². The van der Waals surface area contributed by atoms with Crippen molar-refractivity contribution in [3.05, 3.63) is 54.6 Å². The third-order valence-corrected chi connectivity index (χ3v) is 6.28. The Bertz CT molecular complexity index is 921.